The fourth-order valence-corrected chi connectivity index (χ4v) is 5.14. The molecule has 0 aliphatic carbocycles. The Hall–Kier alpha value is -2.04. The molecule has 1 heterocycles. The molecular formula is C32H39AuClN2O-. The Balaban J connectivity index is 0.00000186. The molecule has 3 aromatic rings. The minimum absolute atomic E-state index is 0.0278. The van der Waals surface area contributed by atoms with E-state index in [2.05, 4.69) is 112 Å². The third-order valence-electron chi connectivity index (χ3n) is 7.01. The first kappa shape index (κ1) is 29.5. The number of anilines is 3. The maximum atomic E-state index is 14.0. The molecule has 0 fully saturated rings. The molecule has 202 valence electrons. The van der Waals surface area contributed by atoms with Crippen molar-refractivity contribution in [2.24, 2.45) is 0 Å². The predicted molar refractivity (Wildman–Crippen MR) is 155 cm³/mol. The van der Waals surface area contributed by atoms with Crippen molar-refractivity contribution in [2.45, 2.75) is 79.1 Å². The Kier molecular flexibility index (Phi) is 10.1. The van der Waals surface area contributed by atoms with Crippen LogP contribution in [0, 0.1) is 6.67 Å². The molecule has 0 unspecified atom stereocenters. The predicted octanol–water partition coefficient (Wildman–Crippen LogP) is 9.78. The third kappa shape index (κ3) is 5.86. The molecule has 0 bridgehead atoms. The molecule has 3 aromatic carbocycles. The molecule has 37 heavy (non-hydrogen) atoms. The van der Waals surface area contributed by atoms with Crippen LogP contribution in [0.3, 0.4) is 0 Å². The summed E-state index contributed by atoms with van der Waals surface area (Å²) in [5.74, 6) is 1.32. The van der Waals surface area contributed by atoms with Crippen molar-refractivity contribution in [2.75, 3.05) is 9.80 Å². The number of hydrogen-bond acceptors (Lipinski definition) is 2. The van der Waals surface area contributed by atoms with Crippen molar-refractivity contribution >= 4 is 32.2 Å². The Morgan fingerprint density at radius 2 is 0.973 bits per heavy atom. The van der Waals surface area contributed by atoms with Gasteiger partial charge in [0.05, 0.1) is 5.56 Å². The van der Waals surface area contributed by atoms with Crippen LogP contribution < -0.4 is 9.80 Å². The number of rotatable bonds is 6. The number of hydrogen-bond donors (Lipinski definition) is 0. The van der Waals surface area contributed by atoms with Crippen LogP contribution in [0.4, 0.5) is 17.1 Å². The Morgan fingerprint density at radius 3 is 1.38 bits per heavy atom. The monoisotopic (exact) mass is 699 g/mol. The normalized spacial score (nSPS) is 13.4. The van der Waals surface area contributed by atoms with Gasteiger partial charge in [-0.25, -0.2) is 0 Å². The summed E-state index contributed by atoms with van der Waals surface area (Å²) in [7, 11) is 4.58. The van der Waals surface area contributed by atoms with Gasteiger partial charge in [-0.1, -0.05) is 104 Å². The number of amides is 1. The number of halogens is 1. The Bertz CT molecular complexity index is 1180. The van der Waals surface area contributed by atoms with Crippen LogP contribution >= 0.6 is 9.19 Å². The second-order valence-electron chi connectivity index (χ2n) is 10.9. The average molecular weight is 700 g/mol. The minimum atomic E-state index is 0.0278. The molecule has 1 aliphatic heterocycles. The number of para-hydroxylation sites is 3. The van der Waals surface area contributed by atoms with Crippen LogP contribution in [0.25, 0.3) is 0 Å². The van der Waals surface area contributed by atoms with Crippen LogP contribution in [0.5, 0.6) is 0 Å². The van der Waals surface area contributed by atoms with Gasteiger partial charge in [0.15, 0.2) is 0 Å². The van der Waals surface area contributed by atoms with Gasteiger partial charge in [-0.05, 0) is 58.1 Å². The van der Waals surface area contributed by atoms with E-state index in [4.69, 9.17) is 0 Å². The quantitative estimate of drug-likeness (QED) is 0.189. The summed E-state index contributed by atoms with van der Waals surface area (Å²) >= 11 is 1.75. The number of carbonyl (C=O) groups is 1. The molecular weight excluding hydrogens is 661 g/mol. The van der Waals surface area contributed by atoms with Gasteiger partial charge >= 0.3 is 29.2 Å². The first-order valence-electron chi connectivity index (χ1n) is 13.1. The summed E-state index contributed by atoms with van der Waals surface area (Å²) in [5.41, 5.74) is 8.86. The fourth-order valence-electron chi connectivity index (χ4n) is 5.14. The van der Waals surface area contributed by atoms with Gasteiger partial charge < -0.3 is 9.80 Å². The molecule has 0 N–H and O–H groups in total. The van der Waals surface area contributed by atoms with Crippen molar-refractivity contribution in [1.82, 2.24) is 0 Å². The number of fused-ring (bicyclic) bond motifs is 1. The van der Waals surface area contributed by atoms with Crippen molar-refractivity contribution in [3.8, 4) is 0 Å². The molecule has 3 nitrogen and oxygen atoms in total. The van der Waals surface area contributed by atoms with Gasteiger partial charge in [0.1, 0.15) is 0 Å². The van der Waals surface area contributed by atoms with Crippen LogP contribution in [0.1, 0.15) is 112 Å². The summed E-state index contributed by atoms with van der Waals surface area (Å²) in [5, 5.41) is 0. The molecule has 0 spiro atoms. The molecule has 4 rings (SSSR count). The van der Waals surface area contributed by atoms with Crippen LogP contribution in [0.2, 0.25) is 0 Å². The number of nitrogens with zero attached hydrogens (tertiary/aromatic N) is 2. The van der Waals surface area contributed by atoms with Crippen molar-refractivity contribution in [1.29, 1.82) is 0 Å². The van der Waals surface area contributed by atoms with Crippen LogP contribution in [-0.2, 0) is 20.0 Å². The molecule has 0 radical (unpaired) electrons. The standard InChI is InChI=1S/C32H39N2O.Au.ClH/c1-20(2)24-14-11-15-25(21(3)4)30(24)33-19-34(32(35)28-13-9-10-18-29(28)33)31-26(22(5)6)16-12-17-27(31)23(7)8;;/h9-23H,1-8H3;;1H/q-1;+1;/p-1. The van der Waals surface area contributed by atoms with E-state index < -0.39 is 0 Å². The van der Waals surface area contributed by atoms with Crippen molar-refractivity contribution < 1.29 is 24.8 Å². The van der Waals surface area contributed by atoms with Gasteiger partial charge in [-0.2, -0.15) is 0 Å². The van der Waals surface area contributed by atoms with Gasteiger partial charge in [0, 0.05) is 17.1 Å². The van der Waals surface area contributed by atoms with Crippen molar-refractivity contribution in [3.05, 3.63) is 95.1 Å². The van der Waals surface area contributed by atoms with E-state index in [-0.39, 0.29) is 5.91 Å². The second-order valence-corrected chi connectivity index (χ2v) is 10.9. The van der Waals surface area contributed by atoms with E-state index in [0.717, 1.165) is 16.9 Å². The van der Waals surface area contributed by atoms with E-state index in [0.29, 0.717) is 23.7 Å². The summed E-state index contributed by atoms with van der Waals surface area (Å²) in [6.07, 6.45) is 0. The second kappa shape index (κ2) is 12.7. The van der Waals surface area contributed by atoms with E-state index in [1.807, 2.05) is 29.8 Å². The Labute approximate surface area is 240 Å². The van der Waals surface area contributed by atoms with E-state index in [9.17, 15) is 4.79 Å². The van der Waals surface area contributed by atoms with Gasteiger partial charge in [0.25, 0.3) is 0 Å². The molecule has 0 atom stereocenters. The molecule has 0 saturated carbocycles. The van der Waals surface area contributed by atoms with Crippen LogP contribution in [0.15, 0.2) is 60.7 Å². The topological polar surface area (TPSA) is 23.6 Å². The maximum absolute atomic E-state index is 14.0. The van der Waals surface area contributed by atoms with Crippen LogP contribution in [-0.4, -0.2) is 5.91 Å². The fraction of sp³-hybridized carbons (Fsp3) is 0.375. The molecule has 5 heteroatoms. The molecule has 1 aliphatic rings. The zero-order chi connectivity index (χ0) is 27.4. The Morgan fingerprint density at radius 1 is 0.595 bits per heavy atom. The first-order chi connectivity index (χ1) is 17.6. The average Bonchev–Trinajstić information content (AvgIpc) is 2.89. The SMILES string of the molecule is CC(C)c1cccc(C(C)C)c1N1[CH-]N(c2c(C(C)C)cccc2C(C)C)c2ccccc2C1=O.[Cl][Au]. The molecule has 0 aromatic heterocycles. The van der Waals surface area contributed by atoms with E-state index in [1.165, 1.54) is 27.9 Å². The van der Waals surface area contributed by atoms with E-state index >= 15 is 0 Å². The third-order valence-corrected chi connectivity index (χ3v) is 7.01. The van der Waals surface area contributed by atoms with E-state index in [1.54, 1.807) is 20.0 Å². The zero-order valence-electron chi connectivity index (χ0n) is 23.1. The van der Waals surface area contributed by atoms with Crippen molar-refractivity contribution in [3.63, 3.8) is 0 Å². The first-order valence-corrected chi connectivity index (χ1v) is 15.8. The zero-order valence-corrected chi connectivity index (χ0v) is 26.1. The number of carbonyl (C=O) groups excluding carboxylic acids is 1. The number of benzene rings is 3. The molecule has 0 saturated heterocycles. The summed E-state index contributed by atoms with van der Waals surface area (Å²) in [4.78, 5) is 18.2. The summed E-state index contributed by atoms with van der Waals surface area (Å²) < 4.78 is 0. The summed E-state index contributed by atoms with van der Waals surface area (Å²) in [6, 6.07) is 21.1. The van der Waals surface area contributed by atoms with Gasteiger partial charge in [-0.3, -0.25) is 4.79 Å². The van der Waals surface area contributed by atoms with Gasteiger partial charge in [0.2, 0.25) is 5.91 Å². The van der Waals surface area contributed by atoms with Gasteiger partial charge in [-0.15, -0.1) is 6.67 Å². The summed E-state index contributed by atoms with van der Waals surface area (Å²) in [6.45, 7) is 19.8. The molecule has 1 amide bonds.